The fourth-order valence-corrected chi connectivity index (χ4v) is 5.55. The second-order valence-electron chi connectivity index (χ2n) is 6.12. The van der Waals surface area contributed by atoms with Crippen molar-refractivity contribution in [2.45, 2.75) is 23.3 Å². The van der Waals surface area contributed by atoms with E-state index in [1.165, 1.54) is 9.77 Å². The van der Waals surface area contributed by atoms with Crippen molar-refractivity contribution in [3.05, 3.63) is 40.6 Å². The number of carboxylic acid groups (broad SMARTS) is 1. The Morgan fingerprint density at radius 2 is 2.28 bits per heavy atom. The Hall–Kier alpha value is -2.56. The number of nitrogens with zero attached hydrogens (tertiary/aromatic N) is 2. The van der Waals surface area contributed by atoms with Crippen LogP contribution in [0.25, 0.3) is 21.8 Å². The van der Waals surface area contributed by atoms with Crippen LogP contribution in [0.15, 0.2) is 44.2 Å². The van der Waals surface area contributed by atoms with E-state index in [-0.39, 0.29) is 0 Å². The monoisotopic (exact) mass is 447 g/mol. The number of carbonyl (C=O) groups is 1. The Bertz CT molecular complexity index is 1080. The van der Waals surface area contributed by atoms with E-state index < -0.39 is 18.4 Å². The van der Waals surface area contributed by atoms with E-state index in [4.69, 9.17) is 25.3 Å². The minimum Gasteiger partial charge on any atom is -0.463 e. The lowest BCUT2D eigenvalue weighted by Crippen LogP contribution is -2.32. The van der Waals surface area contributed by atoms with E-state index in [1.807, 2.05) is 12.1 Å². The van der Waals surface area contributed by atoms with Crippen molar-refractivity contribution in [3.8, 4) is 27.6 Å². The molecule has 1 amide bonds. The molecule has 1 aromatic carbocycles. The normalized spacial score (nSPS) is 16.2. The molecule has 3 heterocycles. The van der Waals surface area contributed by atoms with Gasteiger partial charge in [-0.25, -0.2) is 9.78 Å². The number of thiazole rings is 1. The maximum Gasteiger partial charge on any atom is 0.435 e. The van der Waals surface area contributed by atoms with E-state index in [0.29, 0.717) is 18.6 Å². The van der Waals surface area contributed by atoms with E-state index in [1.54, 1.807) is 34.4 Å². The molecule has 3 N–H and O–H groups in total. The number of amidine groups is 1. The highest BCUT2D eigenvalue weighted by Crippen LogP contribution is 2.39. The summed E-state index contributed by atoms with van der Waals surface area (Å²) < 4.78 is 12.3. The highest BCUT2D eigenvalue weighted by atomic mass is 32.2. The molecule has 0 radical (unpaired) electrons. The van der Waals surface area contributed by atoms with E-state index in [9.17, 15) is 4.79 Å². The van der Waals surface area contributed by atoms with Gasteiger partial charge >= 0.3 is 6.09 Å². The molecular formula is C19H17N3O4S3. The van der Waals surface area contributed by atoms with Gasteiger partial charge in [0.2, 0.25) is 6.29 Å². The van der Waals surface area contributed by atoms with Crippen LogP contribution in [0.3, 0.4) is 0 Å². The quantitative estimate of drug-likeness (QED) is 0.332. The molecular weight excluding hydrogens is 430 g/mol. The summed E-state index contributed by atoms with van der Waals surface area (Å²) in [5.41, 5.74) is 9.64. The lowest BCUT2D eigenvalue weighted by molar-refractivity contribution is -0.0211. The number of hydrogen-bond acceptors (Lipinski definition) is 7. The summed E-state index contributed by atoms with van der Waals surface area (Å²) in [7, 11) is 0. The van der Waals surface area contributed by atoms with E-state index in [0.717, 1.165) is 21.8 Å². The number of fused-ring (bicyclic) bond motifs is 1. The molecule has 1 unspecified atom stereocenters. The van der Waals surface area contributed by atoms with Crippen molar-refractivity contribution in [2.75, 3.05) is 6.26 Å². The summed E-state index contributed by atoms with van der Waals surface area (Å²) in [5, 5.41) is 13.8. The summed E-state index contributed by atoms with van der Waals surface area (Å²) in [5.74, 6) is 0.686. The van der Waals surface area contributed by atoms with Gasteiger partial charge in [-0.1, -0.05) is 0 Å². The predicted octanol–water partition coefficient (Wildman–Crippen LogP) is 4.92. The Labute approximate surface area is 179 Å². The molecule has 0 saturated carbocycles. The first-order chi connectivity index (χ1) is 14.0. The Kier molecular flexibility index (Phi) is 5.74. The maximum absolute atomic E-state index is 10.5. The lowest BCUT2D eigenvalue weighted by atomic mass is 10.0. The van der Waals surface area contributed by atoms with Crippen molar-refractivity contribution in [3.63, 3.8) is 0 Å². The number of aryl methyl sites for hydroxylation is 1. The summed E-state index contributed by atoms with van der Waals surface area (Å²) in [4.78, 5) is 18.5. The molecule has 7 nitrogen and oxygen atoms in total. The first-order valence-corrected chi connectivity index (χ1v) is 11.6. The largest absolute Gasteiger partial charge is 0.463 e. The third-order valence-electron chi connectivity index (χ3n) is 4.27. The smallest absolute Gasteiger partial charge is 0.435 e. The fourth-order valence-electron chi connectivity index (χ4n) is 3.00. The third-order valence-corrected chi connectivity index (χ3v) is 7.23. The number of rotatable bonds is 4. The van der Waals surface area contributed by atoms with Gasteiger partial charge in [0, 0.05) is 22.9 Å². The van der Waals surface area contributed by atoms with Crippen molar-refractivity contribution in [1.82, 2.24) is 4.98 Å². The van der Waals surface area contributed by atoms with Crippen LogP contribution in [-0.4, -0.2) is 34.8 Å². The average molecular weight is 448 g/mol. The number of thiophene rings is 1. The number of amides is 1. The number of hydrogen-bond donors (Lipinski definition) is 2. The number of nitrogens with two attached hydrogens (primary N) is 1. The van der Waals surface area contributed by atoms with E-state index in [2.05, 4.69) is 34.1 Å². The van der Waals surface area contributed by atoms with Crippen LogP contribution in [0.4, 0.5) is 4.79 Å². The molecule has 0 bridgehead atoms. The molecule has 0 spiro atoms. The molecule has 3 aromatic rings. The van der Waals surface area contributed by atoms with Gasteiger partial charge in [-0.3, -0.25) is 0 Å². The molecule has 4 rings (SSSR count). The first-order valence-electron chi connectivity index (χ1n) is 8.64. The molecule has 1 aliphatic heterocycles. The minimum absolute atomic E-state index is 0.421. The van der Waals surface area contributed by atoms with Crippen LogP contribution in [0, 0.1) is 0 Å². The van der Waals surface area contributed by atoms with Crippen molar-refractivity contribution in [2.24, 2.45) is 10.7 Å². The van der Waals surface area contributed by atoms with Gasteiger partial charge in [0.15, 0.2) is 0 Å². The zero-order valence-electron chi connectivity index (χ0n) is 15.3. The number of aromatic nitrogens is 1. The average Bonchev–Trinajstić information content (AvgIpc) is 3.35. The third kappa shape index (κ3) is 4.39. The van der Waals surface area contributed by atoms with Gasteiger partial charge in [-0.2, -0.15) is 0 Å². The highest BCUT2D eigenvalue weighted by molar-refractivity contribution is 8.00. The van der Waals surface area contributed by atoms with Gasteiger partial charge in [0.1, 0.15) is 10.8 Å². The van der Waals surface area contributed by atoms with Gasteiger partial charge < -0.3 is 20.3 Å². The van der Waals surface area contributed by atoms with Crippen molar-refractivity contribution < 1.29 is 19.4 Å². The molecule has 0 fully saturated rings. The van der Waals surface area contributed by atoms with Crippen LogP contribution in [-0.2, 0) is 11.2 Å². The van der Waals surface area contributed by atoms with Gasteiger partial charge in [0.05, 0.1) is 9.90 Å². The van der Waals surface area contributed by atoms with Gasteiger partial charge in [0.25, 0.3) is 6.02 Å². The molecule has 10 heteroatoms. The molecule has 0 aliphatic carbocycles. The van der Waals surface area contributed by atoms with Crippen LogP contribution in [0.5, 0.6) is 5.75 Å². The van der Waals surface area contributed by atoms with Gasteiger partial charge in [-0.05, 0) is 47.9 Å². The van der Waals surface area contributed by atoms with Crippen LogP contribution in [0.2, 0.25) is 0 Å². The van der Waals surface area contributed by atoms with Crippen LogP contribution in [0.1, 0.15) is 12.0 Å². The summed E-state index contributed by atoms with van der Waals surface area (Å²) in [6, 6.07) is 7.59. The standard InChI is InChI=1S/C19H17N3O4S3/c1-27-17-12(6-7-28-17)16-21-13(9-29-16)10-2-4-14-11(8-10)3-5-15(25-14)26-18(20)22-19(23)24/h2,4,6-9,15H,3,5H2,1H3,(H2,20,22)(H,23,24). The molecule has 1 atom stereocenters. The van der Waals surface area contributed by atoms with Crippen molar-refractivity contribution in [1.29, 1.82) is 0 Å². The molecule has 0 saturated heterocycles. The summed E-state index contributed by atoms with van der Waals surface area (Å²) >= 11 is 5.10. The van der Waals surface area contributed by atoms with Crippen LogP contribution < -0.4 is 10.5 Å². The Balaban J connectivity index is 1.51. The molecule has 29 heavy (non-hydrogen) atoms. The van der Waals surface area contributed by atoms with Crippen LogP contribution >= 0.6 is 34.4 Å². The number of aliphatic imine (C=N–C) groups is 1. The number of thioether (sulfide) groups is 1. The van der Waals surface area contributed by atoms with Crippen molar-refractivity contribution >= 4 is 46.6 Å². The zero-order chi connectivity index (χ0) is 20.4. The molecule has 150 valence electrons. The fraction of sp³-hybridized carbons (Fsp3) is 0.211. The summed E-state index contributed by atoms with van der Waals surface area (Å²) in [6.45, 7) is 0. The highest BCUT2D eigenvalue weighted by Gasteiger charge is 2.23. The number of benzene rings is 1. The molecule has 1 aliphatic rings. The molecule has 2 aromatic heterocycles. The first kappa shape index (κ1) is 19.7. The number of ether oxygens (including phenoxy) is 2. The SMILES string of the molecule is CSc1sccc1-c1nc(-c2ccc3c(c2)CCC(OC(N)=NC(=O)O)O3)cs1. The maximum atomic E-state index is 10.5. The minimum atomic E-state index is -1.40. The Morgan fingerprint density at radius 1 is 1.41 bits per heavy atom. The van der Waals surface area contributed by atoms with Gasteiger partial charge in [-0.15, -0.1) is 39.4 Å². The predicted molar refractivity (Wildman–Crippen MR) is 116 cm³/mol. The lowest BCUT2D eigenvalue weighted by Gasteiger charge is -2.26. The summed E-state index contributed by atoms with van der Waals surface area (Å²) in [6.07, 6.45) is 1.27. The second-order valence-corrected chi connectivity index (χ2v) is 8.97. The zero-order valence-corrected chi connectivity index (χ0v) is 17.8. The topological polar surface area (TPSA) is 107 Å². The van der Waals surface area contributed by atoms with E-state index >= 15 is 0 Å². The second kappa shape index (κ2) is 8.44. The Morgan fingerprint density at radius 3 is 3.07 bits per heavy atom.